The summed E-state index contributed by atoms with van der Waals surface area (Å²) >= 11 is 1.27. The second kappa shape index (κ2) is 5.97. The van der Waals surface area contributed by atoms with Gasteiger partial charge in [0.25, 0.3) is 11.2 Å². The summed E-state index contributed by atoms with van der Waals surface area (Å²) in [5.74, 6) is -0.395. The molecular formula is C14H10N4O4S. The number of amides is 1. The summed E-state index contributed by atoms with van der Waals surface area (Å²) in [6.45, 7) is -0.201. The Morgan fingerprint density at radius 3 is 2.87 bits per heavy atom. The van der Waals surface area contributed by atoms with Crippen molar-refractivity contribution in [3.8, 4) is 0 Å². The zero-order valence-corrected chi connectivity index (χ0v) is 12.4. The molecule has 0 unspecified atom stereocenters. The van der Waals surface area contributed by atoms with E-state index in [0.29, 0.717) is 16.0 Å². The number of anilines is 1. The normalized spacial score (nSPS) is 10.6. The standard InChI is InChI=1S/C14H10N4O4S/c19-12(16-14-15-5-6-23-14)8-17-11-3-2-10(18(21)22)7-9(11)1-4-13(17)20/h1-7H,8H2,(H,15,16,19). The Labute approximate surface area is 133 Å². The summed E-state index contributed by atoms with van der Waals surface area (Å²) in [5, 5.41) is 16.1. The van der Waals surface area contributed by atoms with Gasteiger partial charge in [-0.15, -0.1) is 11.3 Å². The first-order valence-electron chi connectivity index (χ1n) is 6.52. The predicted molar refractivity (Wildman–Crippen MR) is 85.6 cm³/mol. The van der Waals surface area contributed by atoms with E-state index in [4.69, 9.17) is 0 Å². The lowest BCUT2D eigenvalue weighted by Gasteiger charge is -2.09. The molecule has 8 nitrogen and oxygen atoms in total. The number of nitro benzene ring substituents is 1. The first-order valence-corrected chi connectivity index (χ1v) is 7.40. The average molecular weight is 330 g/mol. The molecule has 1 amide bonds. The van der Waals surface area contributed by atoms with Crippen LogP contribution in [0.15, 0.2) is 46.7 Å². The van der Waals surface area contributed by atoms with Gasteiger partial charge in [-0.1, -0.05) is 0 Å². The largest absolute Gasteiger partial charge is 0.300 e. The van der Waals surface area contributed by atoms with E-state index in [0.717, 1.165) is 0 Å². The van der Waals surface area contributed by atoms with Gasteiger partial charge in [-0.2, -0.15) is 0 Å². The van der Waals surface area contributed by atoms with Crippen molar-refractivity contribution in [2.45, 2.75) is 6.54 Å². The summed E-state index contributed by atoms with van der Waals surface area (Å²) in [6.07, 6.45) is 1.56. The molecule has 0 saturated carbocycles. The summed E-state index contributed by atoms with van der Waals surface area (Å²) in [4.78, 5) is 38.3. The lowest BCUT2D eigenvalue weighted by molar-refractivity contribution is -0.384. The molecule has 2 heterocycles. The van der Waals surface area contributed by atoms with Crippen molar-refractivity contribution in [3.05, 3.63) is 62.4 Å². The van der Waals surface area contributed by atoms with E-state index in [-0.39, 0.29) is 17.8 Å². The van der Waals surface area contributed by atoms with E-state index in [1.807, 2.05) is 0 Å². The second-order valence-electron chi connectivity index (χ2n) is 4.64. The molecule has 3 aromatic rings. The van der Waals surface area contributed by atoms with Crippen LogP contribution in [0.1, 0.15) is 0 Å². The number of hydrogen-bond acceptors (Lipinski definition) is 6. The number of hydrogen-bond donors (Lipinski definition) is 1. The van der Waals surface area contributed by atoms with Crippen molar-refractivity contribution >= 4 is 39.0 Å². The maximum Gasteiger partial charge on any atom is 0.270 e. The van der Waals surface area contributed by atoms with Gasteiger partial charge in [-0.05, 0) is 12.1 Å². The van der Waals surface area contributed by atoms with Gasteiger partial charge in [0, 0.05) is 35.2 Å². The van der Waals surface area contributed by atoms with Crippen molar-refractivity contribution in [2.75, 3.05) is 5.32 Å². The second-order valence-corrected chi connectivity index (χ2v) is 5.54. The number of aromatic nitrogens is 2. The predicted octanol–water partition coefficient (Wildman–Crippen LogP) is 2.00. The number of benzene rings is 1. The first kappa shape index (κ1) is 14.9. The van der Waals surface area contributed by atoms with Crippen molar-refractivity contribution in [2.24, 2.45) is 0 Å². The van der Waals surface area contributed by atoms with Gasteiger partial charge in [-0.25, -0.2) is 4.98 Å². The highest BCUT2D eigenvalue weighted by molar-refractivity contribution is 7.13. The highest BCUT2D eigenvalue weighted by atomic mass is 32.1. The highest BCUT2D eigenvalue weighted by Gasteiger charge is 2.12. The Balaban J connectivity index is 1.96. The summed E-state index contributed by atoms with van der Waals surface area (Å²) in [6, 6.07) is 6.91. The van der Waals surface area contributed by atoms with Crippen LogP contribution < -0.4 is 10.9 Å². The van der Waals surface area contributed by atoms with Crippen LogP contribution in [0.5, 0.6) is 0 Å². The number of thiazole rings is 1. The Morgan fingerprint density at radius 2 is 2.17 bits per heavy atom. The third kappa shape index (κ3) is 3.09. The molecule has 0 spiro atoms. The minimum Gasteiger partial charge on any atom is -0.300 e. The fourth-order valence-corrected chi connectivity index (χ4v) is 2.70. The number of fused-ring (bicyclic) bond motifs is 1. The van der Waals surface area contributed by atoms with Gasteiger partial charge in [0.1, 0.15) is 6.54 Å². The van der Waals surface area contributed by atoms with E-state index in [1.54, 1.807) is 11.6 Å². The molecule has 23 heavy (non-hydrogen) atoms. The van der Waals surface area contributed by atoms with Crippen LogP contribution in [0.3, 0.4) is 0 Å². The SMILES string of the molecule is O=C(Cn1c(=O)ccc2cc([N+](=O)[O-])ccc21)Nc1nccs1. The van der Waals surface area contributed by atoms with Crippen molar-refractivity contribution < 1.29 is 9.72 Å². The van der Waals surface area contributed by atoms with Gasteiger partial charge >= 0.3 is 0 Å². The molecule has 116 valence electrons. The third-order valence-corrected chi connectivity index (χ3v) is 3.85. The molecule has 3 rings (SSSR count). The summed E-state index contributed by atoms with van der Waals surface area (Å²) in [7, 11) is 0. The molecule has 2 aromatic heterocycles. The van der Waals surface area contributed by atoms with Crippen molar-refractivity contribution in [3.63, 3.8) is 0 Å². The lowest BCUT2D eigenvalue weighted by atomic mass is 10.2. The Morgan fingerprint density at radius 1 is 1.35 bits per heavy atom. The monoisotopic (exact) mass is 330 g/mol. The van der Waals surface area contributed by atoms with E-state index in [1.165, 1.54) is 46.2 Å². The Bertz CT molecular complexity index is 949. The fourth-order valence-electron chi connectivity index (χ4n) is 2.16. The number of nitrogens with one attached hydrogen (secondary N) is 1. The van der Waals surface area contributed by atoms with Crippen molar-refractivity contribution in [1.29, 1.82) is 0 Å². The molecule has 1 aromatic carbocycles. The lowest BCUT2D eigenvalue weighted by Crippen LogP contribution is -2.27. The van der Waals surface area contributed by atoms with Crippen LogP contribution in [0.4, 0.5) is 10.8 Å². The van der Waals surface area contributed by atoms with Gasteiger partial charge in [0.2, 0.25) is 5.91 Å². The van der Waals surface area contributed by atoms with E-state index in [2.05, 4.69) is 10.3 Å². The smallest absolute Gasteiger partial charge is 0.270 e. The molecule has 9 heteroatoms. The molecule has 0 fully saturated rings. The average Bonchev–Trinajstić information content (AvgIpc) is 3.02. The molecular weight excluding hydrogens is 320 g/mol. The zero-order chi connectivity index (χ0) is 16.4. The van der Waals surface area contributed by atoms with Crippen LogP contribution in [0.2, 0.25) is 0 Å². The van der Waals surface area contributed by atoms with E-state index < -0.39 is 10.8 Å². The molecule has 1 N–H and O–H groups in total. The number of carbonyl (C=O) groups is 1. The number of nitrogens with zero attached hydrogens (tertiary/aromatic N) is 3. The molecule has 0 radical (unpaired) electrons. The fraction of sp³-hybridized carbons (Fsp3) is 0.0714. The molecule has 0 aliphatic rings. The maximum atomic E-state index is 12.0. The first-order chi connectivity index (χ1) is 11.0. The van der Waals surface area contributed by atoms with Crippen LogP contribution in [0, 0.1) is 10.1 Å². The Kier molecular flexibility index (Phi) is 3.85. The summed E-state index contributed by atoms with van der Waals surface area (Å²) < 4.78 is 1.27. The van der Waals surface area contributed by atoms with Crippen LogP contribution in [-0.2, 0) is 11.3 Å². The number of nitro groups is 1. The van der Waals surface area contributed by atoms with Crippen LogP contribution in [-0.4, -0.2) is 20.4 Å². The third-order valence-electron chi connectivity index (χ3n) is 3.16. The zero-order valence-electron chi connectivity index (χ0n) is 11.6. The number of pyridine rings is 1. The van der Waals surface area contributed by atoms with E-state index in [9.17, 15) is 19.7 Å². The van der Waals surface area contributed by atoms with Gasteiger partial charge in [0.15, 0.2) is 5.13 Å². The van der Waals surface area contributed by atoms with Crippen molar-refractivity contribution in [1.82, 2.24) is 9.55 Å². The van der Waals surface area contributed by atoms with Gasteiger partial charge in [0.05, 0.1) is 10.4 Å². The number of non-ortho nitro benzene ring substituents is 1. The highest BCUT2D eigenvalue weighted by Crippen LogP contribution is 2.19. The number of carbonyl (C=O) groups excluding carboxylic acids is 1. The van der Waals surface area contributed by atoms with E-state index >= 15 is 0 Å². The topological polar surface area (TPSA) is 107 Å². The van der Waals surface area contributed by atoms with Crippen LogP contribution in [0.25, 0.3) is 10.9 Å². The minimum absolute atomic E-state index is 0.0741. The molecule has 0 atom stereocenters. The maximum absolute atomic E-state index is 12.0. The summed E-state index contributed by atoms with van der Waals surface area (Å²) in [5.41, 5.74) is 0.0213. The Hall–Kier alpha value is -3.07. The van der Waals surface area contributed by atoms with Gasteiger partial charge in [-0.3, -0.25) is 24.3 Å². The van der Waals surface area contributed by atoms with Gasteiger partial charge < -0.3 is 5.32 Å². The molecule has 0 aliphatic heterocycles. The molecule has 0 saturated heterocycles. The minimum atomic E-state index is -0.510. The van der Waals surface area contributed by atoms with Crippen LogP contribution >= 0.6 is 11.3 Å². The molecule has 0 aliphatic carbocycles. The number of rotatable bonds is 4. The molecule has 0 bridgehead atoms. The quantitative estimate of drug-likeness (QED) is 0.581.